The number of pyridine rings is 1. The molecule has 1 aromatic carbocycles. The zero-order valence-corrected chi connectivity index (χ0v) is 13.9. The van der Waals surface area contributed by atoms with Crippen molar-refractivity contribution in [2.45, 2.75) is 0 Å². The highest BCUT2D eigenvalue weighted by Crippen LogP contribution is 2.31. The van der Waals surface area contributed by atoms with Crippen LogP contribution >= 0.6 is 57.4 Å². The zero-order chi connectivity index (χ0) is 14.9. The van der Waals surface area contributed by atoms with Crippen LogP contribution in [0, 0.1) is 15.2 Å². The maximum absolute atomic E-state index is 13.5. The number of rotatable bonds is 2. The summed E-state index contributed by atoms with van der Waals surface area (Å²) in [5.41, 5.74) is -0.332. The molecule has 2 nitrogen and oxygen atoms in total. The van der Waals surface area contributed by atoms with Gasteiger partial charge in [0.05, 0.1) is 22.4 Å². The van der Waals surface area contributed by atoms with Crippen molar-refractivity contribution >= 4 is 68.3 Å². The van der Waals surface area contributed by atoms with Crippen LogP contribution in [0.15, 0.2) is 29.5 Å². The van der Waals surface area contributed by atoms with Crippen LogP contribution in [0.1, 0.15) is 5.56 Å². The molecule has 0 aliphatic carbocycles. The van der Waals surface area contributed by atoms with Gasteiger partial charge in [-0.05, 0) is 34.7 Å². The minimum absolute atomic E-state index is 0.208. The van der Waals surface area contributed by atoms with Crippen molar-refractivity contribution in [3.05, 3.63) is 55.3 Å². The molecule has 1 aromatic heterocycles. The van der Waals surface area contributed by atoms with Gasteiger partial charge >= 0.3 is 0 Å². The lowest BCUT2D eigenvalue weighted by molar-refractivity contribution is 0.577. The lowest BCUT2D eigenvalue weighted by atomic mass is 10.2. The highest BCUT2D eigenvalue weighted by Gasteiger charge is 2.15. The van der Waals surface area contributed by atoms with Gasteiger partial charge in [0.1, 0.15) is 10.9 Å². The number of aliphatic imine (C=N–C) groups is 1. The Kier molecular flexibility index (Phi) is 5.17. The van der Waals surface area contributed by atoms with Crippen molar-refractivity contribution in [3.8, 4) is 0 Å². The second kappa shape index (κ2) is 6.51. The molecule has 0 aliphatic rings. The second-order valence-corrected chi connectivity index (χ2v) is 6.02. The van der Waals surface area contributed by atoms with E-state index in [0.29, 0.717) is 0 Å². The third-order valence-electron chi connectivity index (χ3n) is 2.25. The van der Waals surface area contributed by atoms with E-state index in [0.717, 1.165) is 16.0 Å². The van der Waals surface area contributed by atoms with Gasteiger partial charge in [-0.3, -0.25) is 4.98 Å². The standard InChI is InChI=1S/C12H4Cl3F2IN2/c13-6-1-5(18)2-7(14)10(6)12(15)20-11-8(16)3-19-4-9(11)17/h1-4H/b20-12-. The van der Waals surface area contributed by atoms with Gasteiger partial charge in [-0.15, -0.1) is 0 Å². The largest absolute Gasteiger partial charge is 0.258 e. The van der Waals surface area contributed by atoms with Crippen LogP contribution in [0.2, 0.25) is 10.0 Å². The van der Waals surface area contributed by atoms with E-state index in [-0.39, 0.29) is 20.8 Å². The first-order valence-electron chi connectivity index (χ1n) is 5.08. The predicted octanol–water partition coefficient (Wildman–Crippen LogP) is 5.59. The molecule has 104 valence electrons. The SMILES string of the molecule is Fc1cncc(F)c1/N=C(\Cl)c1c(Cl)cc(I)cc1Cl. The Bertz CT molecular complexity index is 664. The Labute approximate surface area is 141 Å². The molecule has 0 aliphatic heterocycles. The minimum Gasteiger partial charge on any atom is -0.258 e. The van der Waals surface area contributed by atoms with Crippen molar-refractivity contribution in [2.24, 2.45) is 4.99 Å². The highest BCUT2D eigenvalue weighted by molar-refractivity contribution is 14.1. The van der Waals surface area contributed by atoms with Gasteiger partial charge in [0, 0.05) is 9.13 Å². The van der Waals surface area contributed by atoms with E-state index in [9.17, 15) is 8.78 Å². The molecule has 0 bridgehead atoms. The van der Waals surface area contributed by atoms with Crippen LogP contribution in [-0.2, 0) is 0 Å². The Morgan fingerprint density at radius 1 is 1.10 bits per heavy atom. The number of aromatic nitrogens is 1. The summed E-state index contributed by atoms with van der Waals surface area (Å²) < 4.78 is 27.7. The lowest BCUT2D eigenvalue weighted by Gasteiger charge is -2.06. The van der Waals surface area contributed by atoms with Crippen LogP contribution in [0.3, 0.4) is 0 Å². The first-order chi connectivity index (χ1) is 9.40. The van der Waals surface area contributed by atoms with E-state index in [2.05, 4.69) is 9.98 Å². The molecule has 0 radical (unpaired) electrons. The van der Waals surface area contributed by atoms with Crippen LogP contribution in [0.4, 0.5) is 14.5 Å². The molecule has 20 heavy (non-hydrogen) atoms. The van der Waals surface area contributed by atoms with Crippen molar-refractivity contribution in [3.63, 3.8) is 0 Å². The van der Waals surface area contributed by atoms with E-state index in [1.165, 1.54) is 0 Å². The summed E-state index contributed by atoms with van der Waals surface area (Å²) in [6.07, 6.45) is 1.67. The molecule has 2 rings (SSSR count). The third kappa shape index (κ3) is 3.39. The van der Waals surface area contributed by atoms with Crippen molar-refractivity contribution in [2.75, 3.05) is 0 Å². The van der Waals surface area contributed by atoms with Crippen molar-refractivity contribution in [1.82, 2.24) is 4.98 Å². The average molecular weight is 447 g/mol. The van der Waals surface area contributed by atoms with Gasteiger partial charge in [-0.2, -0.15) is 0 Å². The quantitative estimate of drug-likeness (QED) is 0.435. The van der Waals surface area contributed by atoms with E-state index in [4.69, 9.17) is 34.8 Å². The topological polar surface area (TPSA) is 25.2 Å². The zero-order valence-electron chi connectivity index (χ0n) is 9.47. The smallest absolute Gasteiger partial charge is 0.170 e. The van der Waals surface area contributed by atoms with Gasteiger partial charge in [-0.1, -0.05) is 34.8 Å². The third-order valence-corrected chi connectivity index (χ3v) is 3.74. The van der Waals surface area contributed by atoms with Gasteiger partial charge < -0.3 is 0 Å². The van der Waals surface area contributed by atoms with E-state index in [1.54, 1.807) is 12.1 Å². The summed E-state index contributed by atoms with van der Waals surface area (Å²) in [4.78, 5) is 7.06. The first-order valence-corrected chi connectivity index (χ1v) is 7.29. The van der Waals surface area contributed by atoms with Crippen LogP contribution in [0.25, 0.3) is 0 Å². The number of hydrogen-bond acceptors (Lipinski definition) is 2. The highest BCUT2D eigenvalue weighted by atomic mass is 127. The van der Waals surface area contributed by atoms with E-state index in [1.807, 2.05) is 22.6 Å². The molecule has 0 fully saturated rings. The van der Waals surface area contributed by atoms with Gasteiger partial charge in [0.25, 0.3) is 0 Å². The molecular formula is C12H4Cl3F2IN2. The van der Waals surface area contributed by atoms with E-state index < -0.39 is 17.3 Å². The maximum Gasteiger partial charge on any atom is 0.170 e. The van der Waals surface area contributed by atoms with Crippen LogP contribution in [0.5, 0.6) is 0 Å². The summed E-state index contributed by atoms with van der Waals surface area (Å²) in [6.45, 7) is 0. The van der Waals surface area contributed by atoms with Gasteiger partial charge in [0.2, 0.25) is 0 Å². The fraction of sp³-hybridized carbons (Fsp3) is 0. The second-order valence-electron chi connectivity index (χ2n) is 3.60. The molecule has 0 unspecified atom stereocenters. The Balaban J connectivity index is 2.57. The summed E-state index contributed by atoms with van der Waals surface area (Å²) in [7, 11) is 0. The Hall–Kier alpha value is -0.500. The monoisotopic (exact) mass is 446 g/mol. The number of hydrogen-bond donors (Lipinski definition) is 0. The minimum atomic E-state index is -0.930. The molecular weight excluding hydrogens is 443 g/mol. The molecule has 0 saturated heterocycles. The molecule has 0 N–H and O–H groups in total. The molecule has 0 saturated carbocycles. The number of halogens is 6. The molecule has 1 heterocycles. The maximum atomic E-state index is 13.5. The van der Waals surface area contributed by atoms with Crippen LogP contribution in [-0.4, -0.2) is 10.2 Å². The Morgan fingerprint density at radius 2 is 1.60 bits per heavy atom. The molecule has 0 atom stereocenters. The Morgan fingerprint density at radius 3 is 2.10 bits per heavy atom. The predicted molar refractivity (Wildman–Crippen MR) is 85.4 cm³/mol. The van der Waals surface area contributed by atoms with Gasteiger partial charge in [0.15, 0.2) is 11.6 Å². The number of benzene rings is 1. The summed E-state index contributed by atoms with van der Waals surface area (Å²) in [5.74, 6) is -1.86. The molecule has 0 amide bonds. The summed E-state index contributed by atoms with van der Waals surface area (Å²) in [5, 5.41) is 0.274. The average Bonchev–Trinajstić information content (AvgIpc) is 2.32. The van der Waals surface area contributed by atoms with Gasteiger partial charge in [-0.25, -0.2) is 13.8 Å². The van der Waals surface area contributed by atoms with Crippen molar-refractivity contribution < 1.29 is 8.78 Å². The molecule has 2 aromatic rings. The number of nitrogens with zero attached hydrogens (tertiary/aromatic N) is 2. The molecule has 0 spiro atoms. The molecule has 8 heteroatoms. The fourth-order valence-electron chi connectivity index (χ4n) is 1.40. The van der Waals surface area contributed by atoms with Crippen LogP contribution < -0.4 is 0 Å². The normalized spacial score (nSPS) is 11.8. The summed E-state index contributed by atoms with van der Waals surface area (Å²) in [6, 6.07) is 3.22. The van der Waals surface area contributed by atoms with E-state index >= 15 is 0 Å². The fourth-order valence-corrected chi connectivity index (χ4v) is 3.45. The first kappa shape index (κ1) is 15.9. The summed E-state index contributed by atoms with van der Waals surface area (Å²) >= 11 is 20.0. The van der Waals surface area contributed by atoms with Crippen molar-refractivity contribution in [1.29, 1.82) is 0 Å². The lowest BCUT2D eigenvalue weighted by Crippen LogP contribution is -1.96.